The van der Waals surface area contributed by atoms with Gasteiger partial charge in [0.15, 0.2) is 0 Å². The van der Waals surface area contributed by atoms with Crippen molar-refractivity contribution in [2.45, 2.75) is 46.3 Å². The second-order valence-corrected chi connectivity index (χ2v) is 7.41. The first-order valence-corrected chi connectivity index (χ1v) is 8.41. The molecule has 0 spiro atoms. The number of nitrogens with zero attached hydrogens (tertiary/aromatic N) is 2. The normalized spacial score (nSPS) is 20.0. The lowest BCUT2D eigenvalue weighted by Gasteiger charge is -2.18. The molecule has 0 aromatic carbocycles. The van der Waals surface area contributed by atoms with E-state index >= 15 is 0 Å². The molecule has 6 heteroatoms. The SMILES string of the molecule is CC(C)Cc1ncc(CNC(=O)N2CC[C@H]([C@@H](C)O)C2)s1. The molecule has 2 heterocycles. The average molecular weight is 311 g/mol. The van der Waals surface area contributed by atoms with Gasteiger partial charge in [0.05, 0.1) is 17.7 Å². The Labute approximate surface area is 130 Å². The summed E-state index contributed by atoms with van der Waals surface area (Å²) in [7, 11) is 0. The van der Waals surface area contributed by atoms with Crippen molar-refractivity contribution in [3.8, 4) is 0 Å². The number of carbonyl (C=O) groups is 1. The Morgan fingerprint density at radius 1 is 1.57 bits per heavy atom. The van der Waals surface area contributed by atoms with Crippen molar-refractivity contribution in [2.75, 3.05) is 13.1 Å². The smallest absolute Gasteiger partial charge is 0.317 e. The number of aromatic nitrogens is 1. The van der Waals surface area contributed by atoms with E-state index in [1.54, 1.807) is 23.2 Å². The number of carbonyl (C=O) groups excluding carboxylic acids is 1. The van der Waals surface area contributed by atoms with E-state index in [9.17, 15) is 9.90 Å². The standard InChI is InChI=1S/C15H25N3O2S/c1-10(2)6-14-16-7-13(21-14)8-17-15(20)18-5-4-12(9-18)11(3)19/h7,10-12,19H,4-6,8-9H2,1-3H3,(H,17,20)/t11-,12+/m1/s1. The van der Waals surface area contributed by atoms with E-state index in [0.29, 0.717) is 19.0 Å². The predicted octanol–water partition coefficient (Wildman–Crippen LogP) is 2.25. The zero-order valence-corrected chi connectivity index (χ0v) is 13.8. The monoisotopic (exact) mass is 311 g/mol. The molecule has 1 saturated heterocycles. The Hall–Kier alpha value is -1.14. The van der Waals surface area contributed by atoms with E-state index in [0.717, 1.165) is 29.3 Å². The molecular weight excluding hydrogens is 286 g/mol. The van der Waals surface area contributed by atoms with Crippen LogP contribution in [0.25, 0.3) is 0 Å². The molecule has 1 aliphatic heterocycles. The highest BCUT2D eigenvalue weighted by Crippen LogP contribution is 2.20. The first-order chi connectivity index (χ1) is 9.95. The summed E-state index contributed by atoms with van der Waals surface area (Å²) in [6.07, 6.45) is 3.37. The van der Waals surface area contributed by atoms with Gasteiger partial charge in [-0.2, -0.15) is 0 Å². The Balaban J connectivity index is 1.78. The van der Waals surface area contributed by atoms with Crippen LogP contribution >= 0.6 is 11.3 Å². The van der Waals surface area contributed by atoms with Crippen LogP contribution in [0.4, 0.5) is 4.79 Å². The van der Waals surface area contributed by atoms with Gasteiger partial charge in [0.2, 0.25) is 0 Å². The molecule has 0 radical (unpaired) electrons. The van der Waals surface area contributed by atoms with Crippen LogP contribution < -0.4 is 5.32 Å². The Bertz CT molecular complexity index is 473. The van der Waals surface area contributed by atoms with E-state index in [1.807, 2.05) is 6.20 Å². The topological polar surface area (TPSA) is 65.5 Å². The Morgan fingerprint density at radius 2 is 2.33 bits per heavy atom. The number of amides is 2. The van der Waals surface area contributed by atoms with Gasteiger partial charge in [0.1, 0.15) is 0 Å². The molecule has 118 valence electrons. The van der Waals surface area contributed by atoms with Gasteiger partial charge in [-0.15, -0.1) is 11.3 Å². The molecule has 5 nitrogen and oxygen atoms in total. The molecule has 2 atom stereocenters. The first kappa shape index (κ1) is 16.2. The van der Waals surface area contributed by atoms with Gasteiger partial charge in [-0.1, -0.05) is 13.8 Å². The molecule has 2 amide bonds. The van der Waals surface area contributed by atoms with Crippen molar-refractivity contribution in [1.29, 1.82) is 0 Å². The molecule has 0 saturated carbocycles. The third kappa shape index (κ3) is 4.68. The molecule has 2 rings (SSSR count). The highest BCUT2D eigenvalue weighted by atomic mass is 32.1. The minimum Gasteiger partial charge on any atom is -0.393 e. The molecule has 0 bridgehead atoms. The van der Waals surface area contributed by atoms with Gasteiger partial charge in [-0.05, 0) is 19.3 Å². The highest BCUT2D eigenvalue weighted by molar-refractivity contribution is 7.11. The molecule has 1 aliphatic rings. The first-order valence-electron chi connectivity index (χ1n) is 7.60. The lowest BCUT2D eigenvalue weighted by molar-refractivity contribution is 0.129. The number of likely N-dealkylation sites (tertiary alicyclic amines) is 1. The molecule has 2 N–H and O–H groups in total. The van der Waals surface area contributed by atoms with Crippen molar-refractivity contribution in [3.63, 3.8) is 0 Å². The fourth-order valence-corrected chi connectivity index (χ4v) is 3.59. The van der Waals surface area contributed by atoms with Crippen LogP contribution in [0.1, 0.15) is 37.1 Å². The minimum absolute atomic E-state index is 0.0445. The maximum Gasteiger partial charge on any atom is 0.317 e. The number of nitrogens with one attached hydrogen (secondary N) is 1. The Kier molecular flexibility index (Phi) is 5.58. The van der Waals surface area contributed by atoms with Crippen molar-refractivity contribution >= 4 is 17.4 Å². The molecular formula is C15H25N3O2S. The maximum atomic E-state index is 12.1. The lowest BCUT2D eigenvalue weighted by Crippen LogP contribution is -2.38. The van der Waals surface area contributed by atoms with E-state index in [1.165, 1.54) is 0 Å². The second kappa shape index (κ2) is 7.22. The molecule has 1 aromatic rings. The van der Waals surface area contributed by atoms with E-state index in [2.05, 4.69) is 24.1 Å². The number of thiazole rings is 1. The second-order valence-electron chi connectivity index (χ2n) is 6.21. The van der Waals surface area contributed by atoms with E-state index in [4.69, 9.17) is 0 Å². The van der Waals surface area contributed by atoms with Crippen molar-refractivity contribution in [3.05, 3.63) is 16.1 Å². The summed E-state index contributed by atoms with van der Waals surface area (Å²) < 4.78 is 0. The molecule has 1 aromatic heterocycles. The van der Waals surface area contributed by atoms with Gasteiger partial charge in [0.25, 0.3) is 0 Å². The van der Waals surface area contributed by atoms with Crippen LogP contribution in [0.5, 0.6) is 0 Å². The van der Waals surface area contributed by atoms with Crippen LogP contribution in [-0.4, -0.2) is 40.2 Å². The van der Waals surface area contributed by atoms with Gasteiger partial charge in [-0.25, -0.2) is 9.78 Å². The number of aliphatic hydroxyl groups is 1. The van der Waals surface area contributed by atoms with E-state index in [-0.39, 0.29) is 18.1 Å². The zero-order valence-electron chi connectivity index (χ0n) is 13.0. The van der Waals surface area contributed by atoms with Crippen molar-refractivity contribution in [1.82, 2.24) is 15.2 Å². The number of hydrogen-bond acceptors (Lipinski definition) is 4. The van der Waals surface area contributed by atoms with Crippen molar-refractivity contribution < 1.29 is 9.90 Å². The quantitative estimate of drug-likeness (QED) is 0.876. The number of aliphatic hydroxyl groups excluding tert-OH is 1. The molecule has 21 heavy (non-hydrogen) atoms. The van der Waals surface area contributed by atoms with Gasteiger partial charge < -0.3 is 15.3 Å². The summed E-state index contributed by atoms with van der Waals surface area (Å²) in [6.45, 7) is 8.04. The van der Waals surface area contributed by atoms with Crippen LogP contribution in [0.15, 0.2) is 6.20 Å². The summed E-state index contributed by atoms with van der Waals surface area (Å²) in [5.41, 5.74) is 0. The van der Waals surface area contributed by atoms with Crippen LogP contribution in [0.2, 0.25) is 0 Å². The average Bonchev–Trinajstić information content (AvgIpc) is 3.04. The third-order valence-corrected chi connectivity index (χ3v) is 4.81. The molecule has 0 aliphatic carbocycles. The third-order valence-electron chi connectivity index (χ3n) is 3.79. The fourth-order valence-electron chi connectivity index (χ4n) is 2.51. The fraction of sp³-hybridized carbons (Fsp3) is 0.733. The van der Waals surface area contributed by atoms with Crippen LogP contribution in [0, 0.1) is 11.8 Å². The zero-order chi connectivity index (χ0) is 15.4. The highest BCUT2D eigenvalue weighted by Gasteiger charge is 2.28. The van der Waals surface area contributed by atoms with Gasteiger partial charge in [0, 0.05) is 36.5 Å². The molecule has 0 unspecified atom stereocenters. The van der Waals surface area contributed by atoms with Crippen LogP contribution in [-0.2, 0) is 13.0 Å². The predicted molar refractivity (Wildman–Crippen MR) is 84.3 cm³/mol. The summed E-state index contributed by atoms with van der Waals surface area (Å²) >= 11 is 1.67. The summed E-state index contributed by atoms with van der Waals surface area (Å²) in [5, 5.41) is 13.6. The number of urea groups is 1. The van der Waals surface area contributed by atoms with Gasteiger partial charge in [-0.3, -0.25) is 0 Å². The Morgan fingerprint density at radius 3 is 2.95 bits per heavy atom. The summed E-state index contributed by atoms with van der Waals surface area (Å²) in [6, 6.07) is -0.0445. The minimum atomic E-state index is -0.345. The maximum absolute atomic E-state index is 12.1. The van der Waals surface area contributed by atoms with Crippen LogP contribution in [0.3, 0.4) is 0 Å². The molecule has 1 fully saturated rings. The largest absolute Gasteiger partial charge is 0.393 e. The lowest BCUT2D eigenvalue weighted by atomic mass is 10.0. The van der Waals surface area contributed by atoms with Crippen molar-refractivity contribution in [2.24, 2.45) is 11.8 Å². The van der Waals surface area contributed by atoms with E-state index < -0.39 is 0 Å². The summed E-state index contributed by atoms with van der Waals surface area (Å²) in [5.74, 6) is 0.803. The van der Waals surface area contributed by atoms with Gasteiger partial charge >= 0.3 is 6.03 Å². The number of hydrogen-bond donors (Lipinski definition) is 2. The summed E-state index contributed by atoms with van der Waals surface area (Å²) in [4.78, 5) is 19.3. The number of rotatable bonds is 5.